The first kappa shape index (κ1) is 26.6. The molecule has 0 heterocycles. The van der Waals surface area contributed by atoms with Crippen LogP contribution in [0.25, 0.3) is 0 Å². The molecule has 0 aromatic heterocycles. The zero-order valence-electron chi connectivity index (χ0n) is 18.3. The van der Waals surface area contributed by atoms with Gasteiger partial charge in [-0.05, 0) is 38.5 Å². The van der Waals surface area contributed by atoms with Crippen molar-refractivity contribution in [2.45, 2.75) is 110 Å². The molecule has 0 rings (SSSR count). The molecule has 0 radical (unpaired) electrons. The van der Waals surface area contributed by atoms with Crippen molar-refractivity contribution in [3.05, 3.63) is 12.2 Å². The van der Waals surface area contributed by atoms with Gasteiger partial charge in [0, 0.05) is 6.42 Å². The fourth-order valence-electron chi connectivity index (χ4n) is 3.15. The average Bonchev–Trinajstić information content (AvgIpc) is 2.65. The fourth-order valence-corrected chi connectivity index (χ4v) is 3.15. The molecule has 0 aliphatic heterocycles. The smallest absolute Gasteiger partial charge is 0.331 e. The lowest BCUT2D eigenvalue weighted by molar-refractivity contribution is -0.148. The van der Waals surface area contributed by atoms with Crippen molar-refractivity contribution in [3.8, 4) is 0 Å². The summed E-state index contributed by atoms with van der Waals surface area (Å²) in [5.41, 5.74) is -1.60. The summed E-state index contributed by atoms with van der Waals surface area (Å²) in [6, 6.07) is 0. The van der Waals surface area contributed by atoms with Crippen molar-refractivity contribution in [3.63, 3.8) is 0 Å². The van der Waals surface area contributed by atoms with Gasteiger partial charge in [-0.3, -0.25) is 4.79 Å². The van der Waals surface area contributed by atoms with Gasteiger partial charge in [-0.25, -0.2) is 4.79 Å². The Labute approximate surface area is 172 Å². The van der Waals surface area contributed by atoms with Crippen molar-refractivity contribution in [2.75, 3.05) is 6.61 Å². The highest BCUT2D eigenvalue weighted by Crippen LogP contribution is 2.15. The van der Waals surface area contributed by atoms with E-state index in [-0.39, 0.29) is 11.8 Å². The fraction of sp³-hybridized carbons (Fsp3) is 0.826. The van der Waals surface area contributed by atoms with Gasteiger partial charge in [-0.1, -0.05) is 77.4 Å². The molecule has 1 amide bonds. The number of aliphatic hydroxyl groups excluding tert-OH is 1. The Kier molecular flexibility index (Phi) is 15.8. The molecule has 3 N–H and O–H groups in total. The standard InChI is InChI=1S/C23H43NO4/c1-4-5-6-7-8-9-10-11-12-13-14-15-16-17-20(2)18-21(26)24-23(3,19-25)22(27)28/h11-12,20,25H,4-10,13-19H2,1-3H3,(H,24,26)(H,27,28)/b12-11-. The number of aliphatic carboxylic acids is 1. The Morgan fingerprint density at radius 3 is 2.04 bits per heavy atom. The first-order valence-corrected chi connectivity index (χ1v) is 11.2. The van der Waals surface area contributed by atoms with Gasteiger partial charge in [0.1, 0.15) is 0 Å². The maximum absolute atomic E-state index is 12.0. The lowest BCUT2D eigenvalue weighted by atomic mass is 9.97. The molecule has 0 bridgehead atoms. The Morgan fingerprint density at radius 1 is 0.964 bits per heavy atom. The molecule has 0 aliphatic rings. The number of carbonyl (C=O) groups is 2. The summed E-state index contributed by atoms with van der Waals surface area (Å²) in [4.78, 5) is 23.1. The highest BCUT2D eigenvalue weighted by molar-refractivity contribution is 5.86. The minimum atomic E-state index is -1.60. The van der Waals surface area contributed by atoms with E-state index in [2.05, 4.69) is 24.4 Å². The molecule has 0 aromatic carbocycles. The first-order valence-electron chi connectivity index (χ1n) is 11.2. The van der Waals surface area contributed by atoms with Crippen molar-refractivity contribution in [1.29, 1.82) is 0 Å². The Morgan fingerprint density at radius 2 is 1.50 bits per heavy atom. The van der Waals surface area contributed by atoms with Gasteiger partial charge in [-0.2, -0.15) is 0 Å². The number of carboxylic acid groups (broad SMARTS) is 1. The van der Waals surface area contributed by atoms with Gasteiger partial charge >= 0.3 is 5.97 Å². The van der Waals surface area contributed by atoms with Crippen molar-refractivity contribution in [2.24, 2.45) is 5.92 Å². The van der Waals surface area contributed by atoms with E-state index in [9.17, 15) is 14.7 Å². The molecule has 0 saturated carbocycles. The third kappa shape index (κ3) is 13.8. The van der Waals surface area contributed by atoms with Crippen LogP contribution in [0.2, 0.25) is 0 Å². The highest BCUT2D eigenvalue weighted by atomic mass is 16.4. The van der Waals surface area contributed by atoms with E-state index in [4.69, 9.17) is 5.11 Å². The number of unbranched alkanes of at least 4 members (excludes halogenated alkanes) is 9. The van der Waals surface area contributed by atoms with Crippen LogP contribution in [0.4, 0.5) is 0 Å². The molecule has 164 valence electrons. The van der Waals surface area contributed by atoms with Crippen LogP contribution in [0, 0.1) is 5.92 Å². The number of aliphatic hydroxyl groups is 1. The minimum Gasteiger partial charge on any atom is -0.479 e. The second kappa shape index (κ2) is 16.6. The SMILES string of the molecule is CCCCCCCC/C=C\CCCCCC(C)CC(=O)NC(C)(CO)C(=O)O. The lowest BCUT2D eigenvalue weighted by Gasteiger charge is -2.24. The van der Waals surface area contributed by atoms with E-state index >= 15 is 0 Å². The molecule has 5 heteroatoms. The highest BCUT2D eigenvalue weighted by Gasteiger charge is 2.34. The summed E-state index contributed by atoms with van der Waals surface area (Å²) in [5, 5.41) is 20.7. The second-order valence-electron chi connectivity index (χ2n) is 8.32. The topological polar surface area (TPSA) is 86.6 Å². The van der Waals surface area contributed by atoms with Gasteiger partial charge < -0.3 is 15.5 Å². The second-order valence-corrected chi connectivity index (χ2v) is 8.32. The van der Waals surface area contributed by atoms with Gasteiger partial charge in [0.2, 0.25) is 5.91 Å². The number of amides is 1. The molecule has 0 aromatic rings. The average molecular weight is 398 g/mol. The summed E-state index contributed by atoms with van der Waals surface area (Å²) >= 11 is 0. The molecular formula is C23H43NO4. The molecule has 0 aliphatic carbocycles. The predicted octanol–water partition coefficient (Wildman–Crippen LogP) is 5.22. The number of rotatable bonds is 18. The maximum Gasteiger partial charge on any atom is 0.331 e. The van der Waals surface area contributed by atoms with Crippen molar-refractivity contribution < 1.29 is 19.8 Å². The maximum atomic E-state index is 12.0. The molecule has 28 heavy (non-hydrogen) atoms. The van der Waals surface area contributed by atoms with Crippen LogP contribution in [-0.4, -0.2) is 34.2 Å². The summed E-state index contributed by atoms with van der Waals surface area (Å²) in [6.45, 7) is 4.96. The molecule has 0 fully saturated rings. The summed E-state index contributed by atoms with van der Waals surface area (Å²) in [5.74, 6) is -1.33. The Balaban J connectivity index is 3.66. The minimum absolute atomic E-state index is 0.208. The van der Waals surface area contributed by atoms with E-state index in [1.54, 1.807) is 0 Å². The van der Waals surface area contributed by atoms with Crippen LogP contribution in [0.5, 0.6) is 0 Å². The van der Waals surface area contributed by atoms with Gasteiger partial charge in [0.05, 0.1) is 6.61 Å². The summed E-state index contributed by atoms with van der Waals surface area (Å²) in [7, 11) is 0. The molecule has 0 spiro atoms. The largest absolute Gasteiger partial charge is 0.479 e. The van der Waals surface area contributed by atoms with Crippen molar-refractivity contribution in [1.82, 2.24) is 5.32 Å². The van der Waals surface area contributed by atoms with Gasteiger partial charge in [-0.15, -0.1) is 0 Å². The number of hydrogen-bond donors (Lipinski definition) is 3. The Hall–Kier alpha value is -1.36. The van der Waals surface area contributed by atoms with Crippen LogP contribution in [-0.2, 0) is 9.59 Å². The third-order valence-electron chi connectivity index (χ3n) is 5.20. The van der Waals surface area contributed by atoms with E-state index in [0.717, 1.165) is 25.7 Å². The number of nitrogens with one attached hydrogen (secondary N) is 1. The van der Waals surface area contributed by atoms with Crippen LogP contribution >= 0.6 is 0 Å². The van der Waals surface area contributed by atoms with Crippen LogP contribution in [0.15, 0.2) is 12.2 Å². The summed E-state index contributed by atoms with van der Waals surface area (Å²) in [6.07, 6.45) is 19.6. The van der Waals surface area contributed by atoms with Crippen LogP contribution in [0.1, 0.15) is 104 Å². The molecule has 2 atom stereocenters. The molecular weight excluding hydrogens is 354 g/mol. The Bertz CT molecular complexity index is 450. The molecule has 5 nitrogen and oxygen atoms in total. The predicted molar refractivity (Wildman–Crippen MR) is 115 cm³/mol. The van der Waals surface area contributed by atoms with Gasteiger partial charge in [0.15, 0.2) is 5.54 Å². The van der Waals surface area contributed by atoms with E-state index in [0.29, 0.717) is 6.42 Å². The molecule has 2 unspecified atom stereocenters. The third-order valence-corrected chi connectivity index (χ3v) is 5.20. The lowest BCUT2D eigenvalue weighted by Crippen LogP contribution is -2.55. The number of carboxylic acids is 1. The zero-order valence-corrected chi connectivity index (χ0v) is 18.3. The van der Waals surface area contributed by atoms with Crippen LogP contribution < -0.4 is 5.32 Å². The van der Waals surface area contributed by atoms with E-state index in [1.165, 1.54) is 58.3 Å². The number of allylic oxidation sites excluding steroid dienone is 2. The number of carbonyl (C=O) groups excluding carboxylic acids is 1. The quantitative estimate of drug-likeness (QED) is 0.218. The molecule has 0 saturated heterocycles. The van der Waals surface area contributed by atoms with E-state index in [1.807, 2.05) is 6.92 Å². The van der Waals surface area contributed by atoms with Gasteiger partial charge in [0.25, 0.3) is 0 Å². The number of hydrogen-bond acceptors (Lipinski definition) is 3. The normalized spacial score (nSPS) is 14.7. The van der Waals surface area contributed by atoms with E-state index < -0.39 is 18.1 Å². The first-order chi connectivity index (χ1) is 13.4. The van der Waals surface area contributed by atoms with Crippen molar-refractivity contribution >= 4 is 11.9 Å². The van der Waals surface area contributed by atoms with Crippen LogP contribution in [0.3, 0.4) is 0 Å². The zero-order chi connectivity index (χ0) is 21.3. The summed E-state index contributed by atoms with van der Waals surface area (Å²) < 4.78 is 0. The monoisotopic (exact) mass is 397 g/mol.